The lowest BCUT2D eigenvalue weighted by Crippen LogP contribution is -2.29. The van der Waals surface area contributed by atoms with Gasteiger partial charge in [-0.1, -0.05) is 19.1 Å². The minimum atomic E-state index is -0.247. The molecule has 0 spiro atoms. The molecule has 1 aromatic carbocycles. The number of hydrogen-bond donors (Lipinski definition) is 1. The van der Waals surface area contributed by atoms with Gasteiger partial charge in [0.2, 0.25) is 5.91 Å². The predicted octanol–water partition coefficient (Wildman–Crippen LogP) is 2.94. The van der Waals surface area contributed by atoms with Gasteiger partial charge < -0.3 is 10.0 Å². The maximum atomic E-state index is 12.9. The Hall–Kier alpha value is -1.42. The van der Waals surface area contributed by atoms with E-state index < -0.39 is 0 Å². The average molecular weight is 293 g/mol. The van der Waals surface area contributed by atoms with Crippen molar-refractivity contribution in [1.29, 1.82) is 0 Å². The van der Waals surface area contributed by atoms with Crippen molar-refractivity contribution in [2.75, 3.05) is 19.7 Å². The summed E-state index contributed by atoms with van der Waals surface area (Å²) < 4.78 is 12.9. The maximum Gasteiger partial charge on any atom is 0.223 e. The molecule has 0 aromatic heterocycles. The highest BCUT2D eigenvalue weighted by atomic mass is 19.1. The van der Waals surface area contributed by atoms with Crippen LogP contribution in [0.4, 0.5) is 4.39 Å². The predicted molar refractivity (Wildman–Crippen MR) is 80.4 cm³/mol. The Bertz CT molecular complexity index is 460. The number of aliphatic hydroxyl groups is 1. The fourth-order valence-corrected chi connectivity index (χ4v) is 2.97. The first-order valence-corrected chi connectivity index (χ1v) is 7.74. The number of benzene rings is 1. The van der Waals surface area contributed by atoms with Gasteiger partial charge in [-0.15, -0.1) is 0 Å². The zero-order valence-corrected chi connectivity index (χ0v) is 12.6. The molecule has 0 unspecified atom stereocenters. The first-order valence-electron chi connectivity index (χ1n) is 7.74. The van der Waals surface area contributed by atoms with E-state index in [0.29, 0.717) is 12.3 Å². The van der Waals surface area contributed by atoms with Crippen molar-refractivity contribution in [2.24, 2.45) is 5.92 Å². The topological polar surface area (TPSA) is 40.5 Å². The van der Waals surface area contributed by atoms with Crippen LogP contribution < -0.4 is 0 Å². The lowest BCUT2D eigenvalue weighted by molar-refractivity contribution is -0.130. The highest BCUT2D eigenvalue weighted by Crippen LogP contribution is 2.25. The van der Waals surface area contributed by atoms with Gasteiger partial charge in [0.1, 0.15) is 5.82 Å². The van der Waals surface area contributed by atoms with Crippen LogP contribution in [0.15, 0.2) is 24.3 Å². The van der Waals surface area contributed by atoms with E-state index in [9.17, 15) is 9.18 Å². The molecule has 0 bridgehead atoms. The second-order valence-electron chi connectivity index (χ2n) is 6.02. The summed E-state index contributed by atoms with van der Waals surface area (Å²) in [6, 6.07) is 6.39. The fourth-order valence-electron chi connectivity index (χ4n) is 2.97. The van der Waals surface area contributed by atoms with Gasteiger partial charge in [-0.25, -0.2) is 4.39 Å². The molecule has 1 aromatic rings. The zero-order valence-electron chi connectivity index (χ0n) is 12.6. The third-order valence-electron chi connectivity index (χ3n) is 4.33. The van der Waals surface area contributed by atoms with Crippen molar-refractivity contribution >= 4 is 5.91 Å². The number of rotatable bonds is 6. The maximum absolute atomic E-state index is 12.9. The number of likely N-dealkylation sites (tertiary alicyclic amines) is 1. The lowest BCUT2D eigenvalue weighted by Gasteiger charge is -2.19. The van der Waals surface area contributed by atoms with Crippen LogP contribution in [0.5, 0.6) is 0 Å². The van der Waals surface area contributed by atoms with Gasteiger partial charge in [0.25, 0.3) is 0 Å². The molecule has 116 valence electrons. The third kappa shape index (κ3) is 4.53. The standard InChI is InChI=1S/C17H24FNO2/c1-13(15-4-6-16(18)7-5-15)11-17(21)19-9-8-14(12-19)3-2-10-20/h4-7,13-14,20H,2-3,8-12H2,1H3/t13-,14-/m0/s1. The molecular weight excluding hydrogens is 269 g/mol. The number of halogens is 1. The van der Waals surface area contributed by atoms with Crippen LogP contribution in [0.2, 0.25) is 0 Å². The molecule has 1 saturated heterocycles. The molecule has 21 heavy (non-hydrogen) atoms. The van der Waals surface area contributed by atoms with Crippen molar-refractivity contribution < 1.29 is 14.3 Å². The van der Waals surface area contributed by atoms with Crippen LogP contribution in [0.1, 0.15) is 44.1 Å². The molecule has 3 nitrogen and oxygen atoms in total. The van der Waals surface area contributed by atoms with Crippen LogP contribution in [-0.2, 0) is 4.79 Å². The molecule has 0 saturated carbocycles. The highest BCUT2D eigenvalue weighted by Gasteiger charge is 2.26. The molecule has 1 aliphatic heterocycles. The Morgan fingerprint density at radius 1 is 1.43 bits per heavy atom. The lowest BCUT2D eigenvalue weighted by atomic mass is 9.97. The van der Waals surface area contributed by atoms with E-state index in [4.69, 9.17) is 5.11 Å². The summed E-state index contributed by atoms with van der Waals surface area (Å²) in [7, 11) is 0. The Balaban J connectivity index is 1.83. The van der Waals surface area contributed by atoms with Gasteiger partial charge in [0.15, 0.2) is 0 Å². The summed E-state index contributed by atoms with van der Waals surface area (Å²) in [4.78, 5) is 14.3. The second-order valence-corrected chi connectivity index (χ2v) is 6.02. The van der Waals surface area contributed by atoms with Crippen molar-refractivity contribution in [3.63, 3.8) is 0 Å². The van der Waals surface area contributed by atoms with E-state index in [1.165, 1.54) is 12.1 Å². The van der Waals surface area contributed by atoms with E-state index in [1.54, 1.807) is 12.1 Å². The van der Waals surface area contributed by atoms with Crippen molar-refractivity contribution in [1.82, 2.24) is 4.90 Å². The Morgan fingerprint density at radius 2 is 2.14 bits per heavy atom. The first-order chi connectivity index (χ1) is 10.1. The van der Waals surface area contributed by atoms with Gasteiger partial charge >= 0.3 is 0 Å². The van der Waals surface area contributed by atoms with E-state index in [2.05, 4.69) is 0 Å². The summed E-state index contributed by atoms with van der Waals surface area (Å²) >= 11 is 0. The van der Waals surface area contributed by atoms with E-state index in [0.717, 1.165) is 37.9 Å². The van der Waals surface area contributed by atoms with Gasteiger partial charge in [0.05, 0.1) is 0 Å². The Labute approximate surface area is 125 Å². The summed E-state index contributed by atoms with van der Waals surface area (Å²) in [6.07, 6.45) is 3.32. The number of carbonyl (C=O) groups excluding carboxylic acids is 1. The number of hydrogen-bond acceptors (Lipinski definition) is 2. The quantitative estimate of drug-likeness (QED) is 0.876. The normalized spacial score (nSPS) is 19.8. The number of aliphatic hydroxyl groups excluding tert-OH is 1. The largest absolute Gasteiger partial charge is 0.396 e. The molecule has 2 atom stereocenters. The molecule has 1 fully saturated rings. The van der Waals surface area contributed by atoms with E-state index in [-0.39, 0.29) is 24.2 Å². The number of carbonyl (C=O) groups is 1. The Kier molecular flexibility index (Phi) is 5.74. The van der Waals surface area contributed by atoms with Crippen LogP contribution in [0.25, 0.3) is 0 Å². The molecule has 2 rings (SSSR count). The van der Waals surface area contributed by atoms with E-state index in [1.807, 2.05) is 11.8 Å². The summed E-state index contributed by atoms with van der Waals surface area (Å²) in [5.41, 5.74) is 1.00. The Morgan fingerprint density at radius 3 is 2.81 bits per heavy atom. The van der Waals surface area contributed by atoms with Gasteiger partial charge in [0, 0.05) is 26.1 Å². The van der Waals surface area contributed by atoms with Gasteiger partial charge in [-0.05, 0) is 48.8 Å². The molecule has 0 radical (unpaired) electrons. The summed E-state index contributed by atoms with van der Waals surface area (Å²) in [5.74, 6) is 0.568. The summed E-state index contributed by atoms with van der Waals surface area (Å²) in [6.45, 7) is 3.87. The molecule has 0 aliphatic carbocycles. The highest BCUT2D eigenvalue weighted by molar-refractivity contribution is 5.77. The zero-order chi connectivity index (χ0) is 15.2. The van der Waals surface area contributed by atoms with Crippen LogP contribution >= 0.6 is 0 Å². The smallest absolute Gasteiger partial charge is 0.223 e. The molecule has 1 heterocycles. The van der Waals surface area contributed by atoms with Crippen molar-refractivity contribution in [3.8, 4) is 0 Å². The van der Waals surface area contributed by atoms with Crippen molar-refractivity contribution in [2.45, 2.75) is 38.5 Å². The first kappa shape index (κ1) is 16.0. The van der Waals surface area contributed by atoms with E-state index >= 15 is 0 Å². The third-order valence-corrected chi connectivity index (χ3v) is 4.33. The molecule has 4 heteroatoms. The van der Waals surface area contributed by atoms with Crippen LogP contribution in [0.3, 0.4) is 0 Å². The minimum absolute atomic E-state index is 0.106. The molecule has 1 aliphatic rings. The monoisotopic (exact) mass is 293 g/mol. The van der Waals surface area contributed by atoms with Gasteiger partial charge in [-0.3, -0.25) is 4.79 Å². The fraction of sp³-hybridized carbons (Fsp3) is 0.588. The van der Waals surface area contributed by atoms with Crippen LogP contribution in [-0.4, -0.2) is 35.6 Å². The molecular formula is C17H24FNO2. The van der Waals surface area contributed by atoms with Crippen molar-refractivity contribution in [3.05, 3.63) is 35.6 Å². The average Bonchev–Trinajstić information content (AvgIpc) is 2.94. The molecule has 1 N–H and O–H groups in total. The van der Waals surface area contributed by atoms with Gasteiger partial charge in [-0.2, -0.15) is 0 Å². The summed E-state index contributed by atoms with van der Waals surface area (Å²) in [5, 5.41) is 8.86. The SMILES string of the molecule is C[C@@H](CC(=O)N1CC[C@H](CCCO)C1)c1ccc(F)cc1. The molecule has 1 amide bonds. The minimum Gasteiger partial charge on any atom is -0.396 e. The number of nitrogens with zero attached hydrogens (tertiary/aromatic N) is 1. The van der Waals surface area contributed by atoms with Crippen LogP contribution in [0, 0.1) is 11.7 Å². The second kappa shape index (κ2) is 7.55. The number of amides is 1.